The number of hydrogen-bond acceptors (Lipinski definition) is 3. The molecule has 20 heavy (non-hydrogen) atoms. The van der Waals surface area contributed by atoms with Crippen molar-refractivity contribution in [3.05, 3.63) is 34.4 Å². The van der Waals surface area contributed by atoms with Gasteiger partial charge in [-0.05, 0) is 27.2 Å². The van der Waals surface area contributed by atoms with Gasteiger partial charge in [-0.1, -0.05) is 6.92 Å². The van der Waals surface area contributed by atoms with Gasteiger partial charge in [-0.2, -0.15) is 10.2 Å². The van der Waals surface area contributed by atoms with Crippen molar-refractivity contribution in [3.63, 3.8) is 0 Å². The maximum Gasteiger partial charge on any atom is 0.0666 e. The maximum atomic E-state index is 4.48. The van der Waals surface area contributed by atoms with Gasteiger partial charge in [0.1, 0.15) is 0 Å². The van der Waals surface area contributed by atoms with Crippen LogP contribution >= 0.6 is 0 Å². The first kappa shape index (κ1) is 14.8. The van der Waals surface area contributed by atoms with E-state index in [1.54, 1.807) is 0 Å². The lowest BCUT2D eigenvalue weighted by Crippen LogP contribution is -2.19. The Morgan fingerprint density at radius 1 is 1.25 bits per heavy atom. The molecule has 110 valence electrons. The van der Waals surface area contributed by atoms with E-state index in [9.17, 15) is 0 Å². The van der Waals surface area contributed by atoms with Crippen molar-refractivity contribution >= 4 is 0 Å². The van der Waals surface area contributed by atoms with E-state index in [-0.39, 0.29) is 6.04 Å². The Hall–Kier alpha value is -1.62. The van der Waals surface area contributed by atoms with Crippen molar-refractivity contribution < 1.29 is 0 Å². The van der Waals surface area contributed by atoms with Crippen LogP contribution in [0.2, 0.25) is 0 Å². The van der Waals surface area contributed by atoms with Gasteiger partial charge in [0, 0.05) is 49.7 Å². The number of rotatable bonds is 5. The van der Waals surface area contributed by atoms with Gasteiger partial charge in [0.05, 0.1) is 11.4 Å². The third-order valence-electron chi connectivity index (χ3n) is 3.92. The molecule has 2 rings (SSSR count). The quantitative estimate of drug-likeness (QED) is 0.910. The molecule has 5 heteroatoms. The van der Waals surface area contributed by atoms with Crippen molar-refractivity contribution in [1.82, 2.24) is 24.9 Å². The Kier molecular flexibility index (Phi) is 4.28. The van der Waals surface area contributed by atoms with E-state index in [4.69, 9.17) is 0 Å². The van der Waals surface area contributed by atoms with E-state index in [0.29, 0.717) is 0 Å². The molecule has 0 aliphatic rings. The highest BCUT2D eigenvalue weighted by Crippen LogP contribution is 2.21. The minimum absolute atomic E-state index is 0.286. The van der Waals surface area contributed by atoms with Gasteiger partial charge in [-0.15, -0.1) is 0 Å². The number of hydrogen-bond donors (Lipinski definition) is 1. The Labute approximate surface area is 121 Å². The van der Waals surface area contributed by atoms with Crippen LogP contribution in [0.3, 0.4) is 0 Å². The van der Waals surface area contributed by atoms with Crippen LogP contribution in [0.1, 0.15) is 48.1 Å². The summed E-state index contributed by atoms with van der Waals surface area (Å²) in [5, 5.41) is 12.6. The Balaban J connectivity index is 2.10. The second-order valence-electron chi connectivity index (χ2n) is 5.44. The molecule has 0 aliphatic heterocycles. The lowest BCUT2D eigenvalue weighted by molar-refractivity contribution is 0.566. The first-order chi connectivity index (χ1) is 9.43. The van der Waals surface area contributed by atoms with Gasteiger partial charge in [-0.25, -0.2) is 0 Å². The number of nitrogens with one attached hydrogen (secondary N) is 1. The molecule has 0 aromatic carbocycles. The Bertz CT molecular complexity index is 594. The summed E-state index contributed by atoms with van der Waals surface area (Å²) in [6, 6.07) is 0.286. The van der Waals surface area contributed by atoms with Gasteiger partial charge in [-0.3, -0.25) is 9.36 Å². The van der Waals surface area contributed by atoms with E-state index < -0.39 is 0 Å². The standard InChI is InChI=1S/C15H25N5/c1-7-14-13(9-19(5)18-14)8-16-10(2)15-11(3)17-20(6)12(15)4/h9-10,16H,7-8H2,1-6H3. The molecule has 0 spiro atoms. The minimum Gasteiger partial charge on any atom is -0.306 e. The Morgan fingerprint density at radius 3 is 2.50 bits per heavy atom. The second-order valence-corrected chi connectivity index (χ2v) is 5.44. The van der Waals surface area contributed by atoms with Crippen LogP contribution in [0.5, 0.6) is 0 Å². The summed E-state index contributed by atoms with van der Waals surface area (Å²) in [7, 11) is 3.97. The van der Waals surface area contributed by atoms with Crippen LogP contribution in [0.25, 0.3) is 0 Å². The van der Waals surface area contributed by atoms with Crippen molar-refractivity contribution in [3.8, 4) is 0 Å². The molecule has 2 heterocycles. The summed E-state index contributed by atoms with van der Waals surface area (Å²) < 4.78 is 3.84. The van der Waals surface area contributed by atoms with Crippen molar-refractivity contribution in [2.75, 3.05) is 0 Å². The second kappa shape index (κ2) is 5.79. The van der Waals surface area contributed by atoms with Gasteiger partial charge >= 0.3 is 0 Å². The van der Waals surface area contributed by atoms with E-state index >= 15 is 0 Å². The fourth-order valence-corrected chi connectivity index (χ4v) is 2.81. The average molecular weight is 275 g/mol. The summed E-state index contributed by atoms with van der Waals surface area (Å²) in [5.74, 6) is 0. The summed E-state index contributed by atoms with van der Waals surface area (Å²) in [5.41, 5.74) is 6.08. The molecule has 2 aromatic heterocycles. The fraction of sp³-hybridized carbons (Fsp3) is 0.600. The molecule has 0 bridgehead atoms. The Morgan fingerprint density at radius 2 is 1.95 bits per heavy atom. The zero-order chi connectivity index (χ0) is 14.9. The first-order valence-corrected chi connectivity index (χ1v) is 7.18. The minimum atomic E-state index is 0.286. The lowest BCUT2D eigenvalue weighted by Gasteiger charge is -2.14. The molecule has 1 unspecified atom stereocenters. The fourth-order valence-electron chi connectivity index (χ4n) is 2.81. The zero-order valence-corrected chi connectivity index (χ0v) is 13.4. The average Bonchev–Trinajstić information content (AvgIpc) is 2.87. The third-order valence-corrected chi connectivity index (χ3v) is 3.92. The topological polar surface area (TPSA) is 47.7 Å². The SMILES string of the molecule is CCc1nn(C)cc1CNC(C)c1c(C)nn(C)c1C. The molecule has 1 atom stereocenters. The van der Waals surface area contributed by atoms with E-state index in [2.05, 4.69) is 49.4 Å². The molecular weight excluding hydrogens is 250 g/mol. The van der Waals surface area contributed by atoms with Gasteiger partial charge in [0.25, 0.3) is 0 Å². The molecule has 0 fully saturated rings. The molecule has 0 saturated heterocycles. The number of aromatic nitrogens is 4. The van der Waals surface area contributed by atoms with Crippen LogP contribution in [-0.2, 0) is 27.1 Å². The zero-order valence-electron chi connectivity index (χ0n) is 13.4. The smallest absolute Gasteiger partial charge is 0.0666 e. The molecule has 2 aromatic rings. The van der Waals surface area contributed by atoms with Crippen LogP contribution in [0.15, 0.2) is 6.20 Å². The van der Waals surface area contributed by atoms with E-state index in [1.807, 2.05) is 23.5 Å². The highest BCUT2D eigenvalue weighted by atomic mass is 15.3. The summed E-state index contributed by atoms with van der Waals surface area (Å²) in [6.07, 6.45) is 3.07. The van der Waals surface area contributed by atoms with Crippen LogP contribution < -0.4 is 5.32 Å². The predicted molar refractivity (Wildman–Crippen MR) is 80.5 cm³/mol. The highest BCUT2D eigenvalue weighted by Gasteiger charge is 2.16. The summed E-state index contributed by atoms with van der Waals surface area (Å²) in [6.45, 7) is 9.37. The summed E-state index contributed by atoms with van der Waals surface area (Å²) in [4.78, 5) is 0. The largest absolute Gasteiger partial charge is 0.306 e. The van der Waals surface area contributed by atoms with Crippen molar-refractivity contribution in [1.29, 1.82) is 0 Å². The van der Waals surface area contributed by atoms with Crippen molar-refractivity contribution in [2.45, 2.75) is 46.7 Å². The normalized spacial score (nSPS) is 12.9. The molecule has 0 radical (unpaired) electrons. The van der Waals surface area contributed by atoms with Crippen LogP contribution in [0, 0.1) is 13.8 Å². The molecule has 5 nitrogen and oxygen atoms in total. The molecule has 0 amide bonds. The lowest BCUT2D eigenvalue weighted by atomic mass is 10.1. The third kappa shape index (κ3) is 2.77. The summed E-state index contributed by atoms with van der Waals surface area (Å²) >= 11 is 0. The molecular formula is C15H25N5. The van der Waals surface area contributed by atoms with Crippen LogP contribution in [0.4, 0.5) is 0 Å². The monoisotopic (exact) mass is 275 g/mol. The molecule has 1 N–H and O–H groups in total. The number of aryl methyl sites for hydroxylation is 4. The van der Waals surface area contributed by atoms with Gasteiger partial charge < -0.3 is 5.32 Å². The van der Waals surface area contributed by atoms with E-state index in [1.165, 1.54) is 22.5 Å². The van der Waals surface area contributed by atoms with Crippen molar-refractivity contribution in [2.24, 2.45) is 14.1 Å². The predicted octanol–water partition coefficient (Wildman–Crippen LogP) is 2.18. The van der Waals surface area contributed by atoms with E-state index in [0.717, 1.165) is 18.7 Å². The maximum absolute atomic E-state index is 4.48. The van der Waals surface area contributed by atoms with Gasteiger partial charge in [0.2, 0.25) is 0 Å². The number of nitrogens with zero attached hydrogens (tertiary/aromatic N) is 4. The van der Waals surface area contributed by atoms with Crippen LogP contribution in [-0.4, -0.2) is 19.6 Å². The van der Waals surface area contributed by atoms with Gasteiger partial charge in [0.15, 0.2) is 0 Å². The molecule has 0 saturated carbocycles. The highest BCUT2D eigenvalue weighted by molar-refractivity contribution is 5.28. The first-order valence-electron chi connectivity index (χ1n) is 7.18. The molecule has 0 aliphatic carbocycles.